The van der Waals surface area contributed by atoms with Gasteiger partial charge in [0.25, 0.3) is 5.91 Å². The normalized spacial score (nSPS) is 29.3. The van der Waals surface area contributed by atoms with Crippen molar-refractivity contribution in [2.24, 2.45) is 5.92 Å². The van der Waals surface area contributed by atoms with Gasteiger partial charge >= 0.3 is 0 Å². The van der Waals surface area contributed by atoms with E-state index in [9.17, 15) is 14.0 Å². The number of hydrogen-bond donors (Lipinski definition) is 1. The van der Waals surface area contributed by atoms with Gasteiger partial charge in [-0.25, -0.2) is 4.39 Å². The van der Waals surface area contributed by atoms with E-state index in [0.717, 1.165) is 32.5 Å². The van der Waals surface area contributed by atoms with Gasteiger partial charge in [0, 0.05) is 13.1 Å². The Hall–Kier alpha value is -1.99. The lowest BCUT2D eigenvalue weighted by Crippen LogP contribution is -2.57. The predicted molar refractivity (Wildman–Crippen MR) is 116 cm³/mol. The third-order valence-electron chi connectivity index (χ3n) is 7.12. The van der Waals surface area contributed by atoms with Crippen molar-refractivity contribution >= 4 is 11.8 Å². The summed E-state index contributed by atoms with van der Waals surface area (Å²) in [6.07, 6.45) is 6.87. The van der Waals surface area contributed by atoms with Gasteiger partial charge in [0.1, 0.15) is 17.6 Å². The van der Waals surface area contributed by atoms with Gasteiger partial charge in [0.05, 0.1) is 12.2 Å². The number of carbonyl (C=O) groups is 2. The van der Waals surface area contributed by atoms with E-state index in [4.69, 9.17) is 4.74 Å². The van der Waals surface area contributed by atoms with E-state index in [1.807, 2.05) is 0 Å². The summed E-state index contributed by atoms with van der Waals surface area (Å²) in [5.41, 5.74) is -0.821. The second-order valence-electron chi connectivity index (χ2n) is 9.30. The molecule has 31 heavy (non-hydrogen) atoms. The molecular weight excluding hydrogens is 397 g/mol. The van der Waals surface area contributed by atoms with Crippen molar-refractivity contribution in [2.45, 2.75) is 63.6 Å². The maximum Gasteiger partial charge on any atom is 0.259 e. The summed E-state index contributed by atoms with van der Waals surface area (Å²) < 4.78 is 20.6. The molecule has 1 spiro atoms. The highest BCUT2D eigenvalue weighted by molar-refractivity contribution is 5.98. The molecule has 2 amide bonds. The lowest BCUT2D eigenvalue weighted by molar-refractivity contribution is -0.127. The van der Waals surface area contributed by atoms with Gasteiger partial charge in [-0.3, -0.25) is 14.5 Å². The first-order valence-electron chi connectivity index (χ1n) is 11.7. The standard InChI is InChI=1S/C24H34FN3O3/c1-18-9-11-24(12-10-18)28(23(30)19-7-3-4-8-20(19)25)21(17-31-24)22(29)26-13-16-27-14-5-2-6-15-27/h3-4,7-8,18,21H,2,5-6,9-17H2,1H3,(H,26,29)/t18?,21-,24?/m0/s1. The lowest BCUT2D eigenvalue weighted by atomic mass is 9.83. The zero-order valence-corrected chi connectivity index (χ0v) is 18.4. The summed E-state index contributed by atoms with van der Waals surface area (Å²) in [7, 11) is 0. The van der Waals surface area contributed by atoms with Gasteiger partial charge < -0.3 is 15.0 Å². The minimum Gasteiger partial charge on any atom is -0.353 e. The molecule has 0 aromatic heterocycles. The number of rotatable bonds is 5. The second kappa shape index (κ2) is 9.65. The summed E-state index contributed by atoms with van der Waals surface area (Å²) in [6, 6.07) is 5.25. The SMILES string of the molecule is CC1CCC2(CC1)OC[C@@H](C(=O)NCCN1CCCCC1)N2C(=O)c1ccccc1F. The van der Waals surface area contributed by atoms with Crippen LogP contribution in [0.4, 0.5) is 4.39 Å². The molecular formula is C24H34FN3O3. The van der Waals surface area contributed by atoms with Crippen molar-refractivity contribution in [3.05, 3.63) is 35.6 Å². The van der Waals surface area contributed by atoms with Crippen molar-refractivity contribution in [3.63, 3.8) is 0 Å². The summed E-state index contributed by atoms with van der Waals surface area (Å²) in [6.45, 7) is 5.84. The molecule has 1 N–H and O–H groups in total. The molecule has 0 bridgehead atoms. The quantitative estimate of drug-likeness (QED) is 0.778. The van der Waals surface area contributed by atoms with E-state index in [-0.39, 0.29) is 18.1 Å². The lowest BCUT2D eigenvalue weighted by Gasteiger charge is -2.43. The minimum absolute atomic E-state index is 0.00267. The first-order valence-corrected chi connectivity index (χ1v) is 11.7. The Balaban J connectivity index is 1.49. The van der Waals surface area contributed by atoms with Crippen LogP contribution in [0.3, 0.4) is 0 Å². The average molecular weight is 432 g/mol. The highest BCUT2D eigenvalue weighted by Crippen LogP contribution is 2.43. The van der Waals surface area contributed by atoms with E-state index in [1.165, 1.54) is 31.4 Å². The van der Waals surface area contributed by atoms with Crippen molar-refractivity contribution in [1.29, 1.82) is 0 Å². The number of amides is 2. The molecule has 2 heterocycles. The first kappa shape index (κ1) is 22.2. The largest absolute Gasteiger partial charge is 0.353 e. The zero-order chi connectivity index (χ0) is 21.8. The molecule has 1 saturated carbocycles. The fourth-order valence-electron chi connectivity index (χ4n) is 5.18. The van der Waals surface area contributed by atoms with Crippen LogP contribution in [-0.2, 0) is 9.53 Å². The number of likely N-dealkylation sites (tertiary alicyclic amines) is 1. The second-order valence-corrected chi connectivity index (χ2v) is 9.30. The molecule has 4 rings (SSSR count). The van der Waals surface area contributed by atoms with E-state index >= 15 is 0 Å². The summed E-state index contributed by atoms with van der Waals surface area (Å²) >= 11 is 0. The molecule has 2 aliphatic heterocycles. The van der Waals surface area contributed by atoms with E-state index in [1.54, 1.807) is 17.0 Å². The van der Waals surface area contributed by atoms with E-state index < -0.39 is 23.5 Å². The van der Waals surface area contributed by atoms with Crippen LogP contribution in [0, 0.1) is 11.7 Å². The number of ether oxygens (including phenoxy) is 1. The molecule has 2 saturated heterocycles. The van der Waals surface area contributed by atoms with Gasteiger partial charge in [0.2, 0.25) is 5.91 Å². The molecule has 1 aromatic carbocycles. The summed E-state index contributed by atoms with van der Waals surface area (Å²) in [4.78, 5) is 30.5. The third-order valence-corrected chi connectivity index (χ3v) is 7.12. The van der Waals surface area contributed by atoms with Crippen molar-refractivity contribution in [3.8, 4) is 0 Å². The van der Waals surface area contributed by atoms with Crippen molar-refractivity contribution in [2.75, 3.05) is 32.8 Å². The van der Waals surface area contributed by atoms with Crippen LogP contribution in [0.5, 0.6) is 0 Å². The maximum absolute atomic E-state index is 14.5. The van der Waals surface area contributed by atoms with E-state index in [0.29, 0.717) is 25.3 Å². The van der Waals surface area contributed by atoms with Crippen LogP contribution in [0.2, 0.25) is 0 Å². The van der Waals surface area contributed by atoms with Gasteiger partial charge in [0.15, 0.2) is 0 Å². The molecule has 6 nitrogen and oxygen atoms in total. The van der Waals surface area contributed by atoms with Gasteiger partial charge in [-0.2, -0.15) is 0 Å². The number of halogens is 1. The van der Waals surface area contributed by atoms with Crippen LogP contribution < -0.4 is 5.32 Å². The summed E-state index contributed by atoms with van der Waals surface area (Å²) in [5, 5.41) is 3.01. The average Bonchev–Trinajstić information content (AvgIpc) is 3.15. The maximum atomic E-state index is 14.5. The monoisotopic (exact) mass is 431 g/mol. The number of nitrogens with zero attached hydrogens (tertiary/aromatic N) is 2. The Morgan fingerprint density at radius 2 is 1.87 bits per heavy atom. The van der Waals surface area contributed by atoms with Crippen LogP contribution in [0.15, 0.2) is 24.3 Å². The Morgan fingerprint density at radius 1 is 1.16 bits per heavy atom. The van der Waals surface area contributed by atoms with Crippen LogP contribution >= 0.6 is 0 Å². The van der Waals surface area contributed by atoms with Gasteiger partial charge in [-0.05, 0) is 69.7 Å². The smallest absolute Gasteiger partial charge is 0.259 e. The summed E-state index contributed by atoms with van der Waals surface area (Å²) in [5.74, 6) is -0.682. The van der Waals surface area contributed by atoms with Crippen molar-refractivity contribution < 1.29 is 18.7 Å². The van der Waals surface area contributed by atoms with Crippen molar-refractivity contribution in [1.82, 2.24) is 15.1 Å². The van der Waals surface area contributed by atoms with Crippen LogP contribution in [-0.4, -0.2) is 66.2 Å². The predicted octanol–water partition coefficient (Wildman–Crippen LogP) is 3.18. The topological polar surface area (TPSA) is 61.9 Å². The number of piperidine rings is 1. The molecule has 0 unspecified atom stereocenters. The fourth-order valence-corrected chi connectivity index (χ4v) is 5.18. The Morgan fingerprint density at radius 3 is 2.58 bits per heavy atom. The number of hydrogen-bond acceptors (Lipinski definition) is 4. The number of carbonyl (C=O) groups excluding carboxylic acids is 2. The van der Waals surface area contributed by atoms with Crippen LogP contribution in [0.25, 0.3) is 0 Å². The zero-order valence-electron chi connectivity index (χ0n) is 18.4. The molecule has 1 aliphatic carbocycles. The van der Waals surface area contributed by atoms with Crippen LogP contribution in [0.1, 0.15) is 62.2 Å². The molecule has 7 heteroatoms. The molecule has 1 atom stereocenters. The highest BCUT2D eigenvalue weighted by atomic mass is 19.1. The number of nitrogens with one attached hydrogen (secondary N) is 1. The molecule has 3 aliphatic rings. The van der Waals surface area contributed by atoms with Gasteiger partial charge in [-0.1, -0.05) is 25.5 Å². The first-order chi connectivity index (χ1) is 15.0. The fraction of sp³-hybridized carbons (Fsp3) is 0.667. The number of benzene rings is 1. The molecule has 0 radical (unpaired) electrons. The molecule has 170 valence electrons. The van der Waals surface area contributed by atoms with E-state index in [2.05, 4.69) is 17.1 Å². The Kier molecular flexibility index (Phi) is 6.92. The molecule has 3 fully saturated rings. The molecule has 1 aromatic rings. The Labute approximate surface area is 184 Å². The Bertz CT molecular complexity index is 788. The third kappa shape index (κ3) is 4.77. The minimum atomic E-state index is -0.819. The van der Waals surface area contributed by atoms with Gasteiger partial charge in [-0.15, -0.1) is 0 Å². The highest BCUT2D eigenvalue weighted by Gasteiger charge is 2.53.